The predicted molar refractivity (Wildman–Crippen MR) is 73.1 cm³/mol. The molecular formula is C14H14N4. The lowest BCUT2D eigenvalue weighted by molar-refractivity contribution is 1.16. The normalized spacial score (nSPS) is 11.4. The third kappa shape index (κ3) is 3.59. The maximum absolute atomic E-state index is 4.29. The van der Waals surface area contributed by atoms with Crippen LogP contribution in [0.2, 0.25) is 0 Å². The number of hydrogen-bond acceptors (Lipinski definition) is 4. The van der Waals surface area contributed by atoms with Gasteiger partial charge in [-0.25, -0.2) is 0 Å². The summed E-state index contributed by atoms with van der Waals surface area (Å²) < 4.78 is 0. The van der Waals surface area contributed by atoms with E-state index < -0.39 is 0 Å². The van der Waals surface area contributed by atoms with Crippen molar-refractivity contribution in [3.63, 3.8) is 0 Å². The summed E-state index contributed by atoms with van der Waals surface area (Å²) >= 11 is 0. The van der Waals surface area contributed by atoms with Crippen molar-refractivity contribution in [3.8, 4) is 0 Å². The van der Waals surface area contributed by atoms with Crippen molar-refractivity contribution in [2.24, 2.45) is 10.2 Å². The van der Waals surface area contributed by atoms with Gasteiger partial charge in [0.2, 0.25) is 0 Å². The van der Waals surface area contributed by atoms with Crippen LogP contribution in [0.1, 0.15) is 22.8 Å². The lowest BCUT2D eigenvalue weighted by atomic mass is 10.3. The number of rotatable bonds is 3. The minimum absolute atomic E-state index is 0.796. The van der Waals surface area contributed by atoms with Crippen LogP contribution in [0, 0.1) is 13.8 Å². The average molecular weight is 238 g/mol. The standard InChI is InChI=1S/C14H14N4/c1-11-5-3-7-13(17-11)9-15-16-10-14-8-4-6-12(2)18-14/h3-10H,1-2H3/b15-9-,16-10-. The fourth-order valence-electron chi connectivity index (χ4n) is 1.46. The van der Waals surface area contributed by atoms with Crippen molar-refractivity contribution in [1.29, 1.82) is 0 Å². The predicted octanol–water partition coefficient (Wildman–Crippen LogP) is 2.55. The largest absolute Gasteiger partial charge is 0.252 e. The molecule has 0 radical (unpaired) electrons. The highest BCUT2D eigenvalue weighted by atomic mass is 15.2. The highest BCUT2D eigenvalue weighted by Crippen LogP contribution is 1.96. The van der Waals surface area contributed by atoms with Crippen molar-refractivity contribution < 1.29 is 0 Å². The van der Waals surface area contributed by atoms with Crippen LogP contribution in [-0.4, -0.2) is 22.4 Å². The summed E-state index contributed by atoms with van der Waals surface area (Å²) in [7, 11) is 0. The zero-order chi connectivity index (χ0) is 12.8. The van der Waals surface area contributed by atoms with Gasteiger partial charge in [0.25, 0.3) is 0 Å². The average Bonchev–Trinajstić information content (AvgIpc) is 2.35. The van der Waals surface area contributed by atoms with Crippen molar-refractivity contribution in [2.45, 2.75) is 13.8 Å². The Morgan fingerprint density at radius 2 is 1.22 bits per heavy atom. The van der Waals surface area contributed by atoms with Gasteiger partial charge in [-0.1, -0.05) is 12.1 Å². The Bertz CT molecular complexity index is 534. The maximum atomic E-state index is 4.29. The first-order valence-corrected chi connectivity index (χ1v) is 5.68. The lowest BCUT2D eigenvalue weighted by Crippen LogP contribution is -1.90. The molecule has 0 saturated carbocycles. The Morgan fingerprint density at radius 1 is 0.778 bits per heavy atom. The number of aromatic nitrogens is 2. The second-order valence-electron chi connectivity index (χ2n) is 3.90. The van der Waals surface area contributed by atoms with Gasteiger partial charge in [0.05, 0.1) is 23.8 Å². The molecule has 0 N–H and O–H groups in total. The summed E-state index contributed by atoms with van der Waals surface area (Å²) in [6.45, 7) is 3.88. The SMILES string of the molecule is Cc1cccc(/C=N\N=C/c2cccc(C)n2)n1. The summed E-state index contributed by atoms with van der Waals surface area (Å²) in [5, 5.41) is 7.90. The molecule has 0 amide bonds. The van der Waals surface area contributed by atoms with E-state index in [-0.39, 0.29) is 0 Å². The molecule has 0 saturated heterocycles. The van der Waals surface area contributed by atoms with E-state index in [2.05, 4.69) is 20.2 Å². The second-order valence-corrected chi connectivity index (χ2v) is 3.90. The molecular weight excluding hydrogens is 224 g/mol. The van der Waals surface area contributed by atoms with Gasteiger partial charge < -0.3 is 0 Å². The summed E-state index contributed by atoms with van der Waals surface area (Å²) in [5.74, 6) is 0. The van der Waals surface area contributed by atoms with E-state index in [1.54, 1.807) is 12.4 Å². The Hall–Kier alpha value is -2.36. The van der Waals surface area contributed by atoms with Crippen LogP contribution >= 0.6 is 0 Å². The van der Waals surface area contributed by atoms with E-state index in [4.69, 9.17) is 0 Å². The number of hydrogen-bond donors (Lipinski definition) is 0. The van der Waals surface area contributed by atoms with Crippen LogP contribution in [0.5, 0.6) is 0 Å². The van der Waals surface area contributed by atoms with E-state index in [0.717, 1.165) is 22.8 Å². The van der Waals surface area contributed by atoms with E-state index >= 15 is 0 Å². The smallest absolute Gasteiger partial charge is 0.0834 e. The zero-order valence-electron chi connectivity index (χ0n) is 10.4. The Morgan fingerprint density at radius 3 is 1.61 bits per heavy atom. The number of aryl methyl sites for hydroxylation is 2. The molecule has 0 atom stereocenters. The Balaban J connectivity index is 2.03. The van der Waals surface area contributed by atoms with Gasteiger partial charge >= 0.3 is 0 Å². The second kappa shape index (κ2) is 5.82. The van der Waals surface area contributed by atoms with Crippen LogP contribution in [-0.2, 0) is 0 Å². The molecule has 0 unspecified atom stereocenters. The third-order valence-electron chi connectivity index (χ3n) is 2.27. The molecule has 0 aliphatic rings. The molecule has 2 aromatic heterocycles. The topological polar surface area (TPSA) is 50.5 Å². The molecule has 0 aliphatic carbocycles. The highest BCUT2D eigenvalue weighted by molar-refractivity contribution is 5.80. The van der Waals surface area contributed by atoms with Crippen molar-refractivity contribution in [2.75, 3.05) is 0 Å². The maximum Gasteiger partial charge on any atom is 0.0834 e. The third-order valence-corrected chi connectivity index (χ3v) is 2.27. The molecule has 0 bridgehead atoms. The van der Waals surface area contributed by atoms with Gasteiger partial charge in [-0.05, 0) is 38.1 Å². The van der Waals surface area contributed by atoms with Crippen molar-refractivity contribution in [1.82, 2.24) is 9.97 Å². The van der Waals surface area contributed by atoms with E-state index in [1.165, 1.54) is 0 Å². The summed E-state index contributed by atoms with van der Waals surface area (Å²) in [6, 6.07) is 11.5. The summed E-state index contributed by atoms with van der Waals surface area (Å²) in [5.41, 5.74) is 3.51. The minimum Gasteiger partial charge on any atom is -0.252 e. The Kier molecular flexibility index (Phi) is 3.91. The molecule has 0 aliphatic heterocycles. The molecule has 18 heavy (non-hydrogen) atoms. The molecule has 4 heteroatoms. The monoisotopic (exact) mass is 238 g/mol. The summed E-state index contributed by atoms with van der Waals surface area (Å²) in [6.07, 6.45) is 3.25. The van der Waals surface area contributed by atoms with Gasteiger partial charge in [0.1, 0.15) is 0 Å². The van der Waals surface area contributed by atoms with Crippen LogP contribution < -0.4 is 0 Å². The first kappa shape index (κ1) is 12.1. The first-order valence-electron chi connectivity index (χ1n) is 5.68. The molecule has 0 aromatic carbocycles. The van der Waals surface area contributed by atoms with Crippen LogP contribution in [0.4, 0.5) is 0 Å². The number of pyridine rings is 2. The fraction of sp³-hybridized carbons (Fsp3) is 0.143. The van der Waals surface area contributed by atoms with E-state index in [0.29, 0.717) is 0 Å². The van der Waals surface area contributed by atoms with E-state index in [1.807, 2.05) is 50.2 Å². The summed E-state index contributed by atoms with van der Waals surface area (Å²) in [4.78, 5) is 8.59. The van der Waals surface area contributed by atoms with Crippen LogP contribution in [0.3, 0.4) is 0 Å². The van der Waals surface area contributed by atoms with Gasteiger partial charge in [-0.3, -0.25) is 9.97 Å². The highest BCUT2D eigenvalue weighted by Gasteiger charge is 1.90. The van der Waals surface area contributed by atoms with Gasteiger partial charge in [0.15, 0.2) is 0 Å². The van der Waals surface area contributed by atoms with Crippen LogP contribution in [0.25, 0.3) is 0 Å². The number of nitrogens with zero attached hydrogens (tertiary/aromatic N) is 4. The molecule has 2 rings (SSSR count). The van der Waals surface area contributed by atoms with Crippen molar-refractivity contribution in [3.05, 3.63) is 59.2 Å². The molecule has 4 nitrogen and oxygen atoms in total. The molecule has 90 valence electrons. The van der Waals surface area contributed by atoms with Gasteiger partial charge in [-0.2, -0.15) is 10.2 Å². The molecule has 0 fully saturated rings. The first-order chi connectivity index (χ1) is 8.74. The lowest BCUT2D eigenvalue weighted by Gasteiger charge is -1.93. The van der Waals surface area contributed by atoms with E-state index in [9.17, 15) is 0 Å². The van der Waals surface area contributed by atoms with Gasteiger partial charge in [-0.15, -0.1) is 0 Å². The Labute approximate surface area is 106 Å². The quantitative estimate of drug-likeness (QED) is 0.609. The minimum atomic E-state index is 0.796. The molecule has 0 spiro atoms. The fourth-order valence-corrected chi connectivity index (χ4v) is 1.46. The zero-order valence-corrected chi connectivity index (χ0v) is 10.4. The van der Waals surface area contributed by atoms with Gasteiger partial charge in [0, 0.05) is 11.4 Å². The van der Waals surface area contributed by atoms with Crippen molar-refractivity contribution >= 4 is 12.4 Å². The molecule has 2 heterocycles. The van der Waals surface area contributed by atoms with Crippen LogP contribution in [0.15, 0.2) is 46.6 Å². The molecule has 2 aromatic rings.